The van der Waals surface area contributed by atoms with Crippen molar-refractivity contribution in [3.63, 3.8) is 0 Å². The number of nitrogens with two attached hydrogens (primary N) is 1. The van der Waals surface area contributed by atoms with Crippen LogP contribution >= 0.6 is 11.6 Å². The summed E-state index contributed by atoms with van der Waals surface area (Å²) in [5, 5.41) is 1.43. The van der Waals surface area contributed by atoms with E-state index in [9.17, 15) is 9.59 Å². The molecule has 2 atom stereocenters. The number of hydrogen-bond donors (Lipinski definition) is 1. The summed E-state index contributed by atoms with van der Waals surface area (Å²) in [6.45, 7) is 5.49. The van der Waals surface area contributed by atoms with E-state index in [0.717, 1.165) is 10.9 Å². The first-order valence-corrected chi connectivity index (χ1v) is 9.36. The molecule has 0 aliphatic carbocycles. The van der Waals surface area contributed by atoms with Crippen LogP contribution < -0.4 is 5.73 Å². The van der Waals surface area contributed by atoms with E-state index in [1.807, 2.05) is 37.6 Å². The third-order valence-electron chi connectivity index (χ3n) is 5.21. The number of rotatable bonds is 4. The van der Waals surface area contributed by atoms with Crippen LogP contribution in [0.1, 0.15) is 30.8 Å². The van der Waals surface area contributed by atoms with E-state index in [1.165, 1.54) is 0 Å². The Balaban J connectivity index is 1.96. The highest BCUT2D eigenvalue weighted by Crippen LogP contribution is 2.28. The van der Waals surface area contributed by atoms with Crippen molar-refractivity contribution in [2.75, 3.05) is 19.6 Å². The standard InChI is InChI=1S/C19H25ClN4O2/c1-4-23(5-2)18(25)17-9-12(21)11-24(17)19(26)16-10-13-14(20)7-6-8-15(13)22(16)3/h6-8,10,12,17H,4-5,9,11,21H2,1-3H3/t12-,17-/m0/s1. The van der Waals surface area contributed by atoms with Crippen LogP contribution in [0.25, 0.3) is 10.9 Å². The van der Waals surface area contributed by atoms with Crippen molar-refractivity contribution < 1.29 is 9.59 Å². The molecule has 2 N–H and O–H groups in total. The van der Waals surface area contributed by atoms with Crippen molar-refractivity contribution >= 4 is 34.3 Å². The minimum absolute atomic E-state index is 0.0342. The summed E-state index contributed by atoms with van der Waals surface area (Å²) in [5.74, 6) is -0.216. The normalized spacial score (nSPS) is 20.0. The second-order valence-corrected chi connectivity index (χ2v) is 7.15. The molecular weight excluding hydrogens is 352 g/mol. The maximum absolute atomic E-state index is 13.2. The Labute approximate surface area is 158 Å². The molecule has 0 spiro atoms. The van der Waals surface area contributed by atoms with E-state index in [2.05, 4.69) is 0 Å². The van der Waals surface area contributed by atoms with Crippen LogP contribution in [-0.2, 0) is 11.8 Å². The number of aryl methyl sites for hydroxylation is 1. The van der Waals surface area contributed by atoms with E-state index in [-0.39, 0.29) is 17.9 Å². The van der Waals surface area contributed by atoms with Crippen molar-refractivity contribution in [1.82, 2.24) is 14.4 Å². The minimum atomic E-state index is -0.508. The predicted octanol–water partition coefficient (Wildman–Crippen LogP) is 2.24. The molecule has 26 heavy (non-hydrogen) atoms. The van der Waals surface area contributed by atoms with Gasteiger partial charge in [-0.25, -0.2) is 0 Å². The van der Waals surface area contributed by atoms with Crippen LogP contribution in [-0.4, -0.2) is 57.9 Å². The lowest BCUT2D eigenvalue weighted by Crippen LogP contribution is -2.48. The largest absolute Gasteiger partial charge is 0.341 e. The molecule has 0 bridgehead atoms. The summed E-state index contributed by atoms with van der Waals surface area (Å²) in [6, 6.07) is 6.68. The lowest BCUT2D eigenvalue weighted by atomic mass is 10.1. The van der Waals surface area contributed by atoms with E-state index >= 15 is 0 Å². The molecule has 0 radical (unpaired) electrons. The summed E-state index contributed by atoms with van der Waals surface area (Å²) in [6.07, 6.45) is 0.492. The minimum Gasteiger partial charge on any atom is -0.341 e. The lowest BCUT2D eigenvalue weighted by Gasteiger charge is -2.29. The van der Waals surface area contributed by atoms with Crippen LogP contribution in [0.15, 0.2) is 24.3 Å². The highest BCUT2D eigenvalue weighted by molar-refractivity contribution is 6.35. The summed E-state index contributed by atoms with van der Waals surface area (Å²) in [5.41, 5.74) is 7.50. The number of fused-ring (bicyclic) bond motifs is 1. The molecule has 1 aliphatic heterocycles. The van der Waals surface area contributed by atoms with Crippen LogP contribution in [0.5, 0.6) is 0 Å². The second-order valence-electron chi connectivity index (χ2n) is 6.74. The van der Waals surface area contributed by atoms with E-state index in [0.29, 0.717) is 36.8 Å². The average Bonchev–Trinajstić information content (AvgIpc) is 3.17. The predicted molar refractivity (Wildman–Crippen MR) is 103 cm³/mol. The Kier molecular flexibility index (Phi) is 5.25. The molecule has 2 heterocycles. The van der Waals surface area contributed by atoms with Crippen LogP contribution in [0.3, 0.4) is 0 Å². The lowest BCUT2D eigenvalue weighted by molar-refractivity contribution is -0.134. The fraction of sp³-hybridized carbons (Fsp3) is 0.474. The molecule has 3 rings (SSSR count). The quantitative estimate of drug-likeness (QED) is 0.889. The van der Waals surface area contributed by atoms with Crippen molar-refractivity contribution in [2.24, 2.45) is 12.8 Å². The Hall–Kier alpha value is -2.05. The zero-order valence-electron chi connectivity index (χ0n) is 15.4. The summed E-state index contributed by atoms with van der Waals surface area (Å²) in [7, 11) is 1.84. The average molecular weight is 377 g/mol. The van der Waals surface area contributed by atoms with E-state index in [4.69, 9.17) is 17.3 Å². The molecule has 1 fully saturated rings. The van der Waals surface area contributed by atoms with Crippen molar-refractivity contribution in [3.8, 4) is 0 Å². The number of nitrogens with zero attached hydrogens (tertiary/aromatic N) is 3. The molecule has 1 saturated heterocycles. The van der Waals surface area contributed by atoms with Crippen molar-refractivity contribution in [3.05, 3.63) is 35.0 Å². The highest BCUT2D eigenvalue weighted by atomic mass is 35.5. The molecule has 1 aromatic carbocycles. The van der Waals surface area contributed by atoms with Crippen LogP contribution in [0, 0.1) is 0 Å². The molecule has 7 heteroatoms. The first-order chi connectivity index (χ1) is 12.4. The number of carbonyl (C=O) groups is 2. The topological polar surface area (TPSA) is 71.6 Å². The van der Waals surface area contributed by atoms with Gasteiger partial charge < -0.3 is 20.1 Å². The van der Waals surface area contributed by atoms with Gasteiger partial charge in [0.05, 0.1) is 0 Å². The zero-order valence-corrected chi connectivity index (χ0v) is 16.2. The summed E-state index contributed by atoms with van der Waals surface area (Å²) >= 11 is 6.27. The Morgan fingerprint density at radius 1 is 1.31 bits per heavy atom. The number of benzene rings is 1. The molecule has 2 amide bonds. The number of halogens is 1. The second kappa shape index (κ2) is 7.29. The fourth-order valence-electron chi connectivity index (χ4n) is 3.75. The molecule has 1 aromatic heterocycles. The monoisotopic (exact) mass is 376 g/mol. The highest BCUT2D eigenvalue weighted by Gasteiger charge is 2.40. The zero-order chi connectivity index (χ0) is 19.0. The number of aromatic nitrogens is 1. The number of carbonyl (C=O) groups excluding carboxylic acids is 2. The van der Waals surface area contributed by atoms with Crippen LogP contribution in [0.2, 0.25) is 5.02 Å². The van der Waals surface area contributed by atoms with Gasteiger partial charge in [-0.1, -0.05) is 17.7 Å². The van der Waals surface area contributed by atoms with Gasteiger partial charge in [0, 0.05) is 48.6 Å². The Morgan fingerprint density at radius 3 is 2.62 bits per heavy atom. The van der Waals surface area contributed by atoms with E-state index < -0.39 is 6.04 Å². The smallest absolute Gasteiger partial charge is 0.271 e. The maximum atomic E-state index is 13.2. The van der Waals surface area contributed by atoms with Gasteiger partial charge in [-0.05, 0) is 38.5 Å². The van der Waals surface area contributed by atoms with Gasteiger partial charge >= 0.3 is 0 Å². The molecule has 0 unspecified atom stereocenters. The molecule has 0 saturated carbocycles. The van der Waals surface area contributed by atoms with E-state index in [1.54, 1.807) is 21.9 Å². The fourth-order valence-corrected chi connectivity index (χ4v) is 3.97. The molecule has 1 aliphatic rings. The van der Waals surface area contributed by atoms with Gasteiger partial charge in [0.2, 0.25) is 5.91 Å². The third-order valence-corrected chi connectivity index (χ3v) is 5.54. The number of hydrogen-bond acceptors (Lipinski definition) is 3. The molecular formula is C19H25ClN4O2. The Morgan fingerprint density at radius 2 is 2.00 bits per heavy atom. The Bertz CT molecular complexity index is 843. The molecule has 6 nitrogen and oxygen atoms in total. The first-order valence-electron chi connectivity index (χ1n) is 8.98. The number of amides is 2. The van der Waals surface area contributed by atoms with Crippen molar-refractivity contribution in [2.45, 2.75) is 32.4 Å². The summed E-state index contributed by atoms with van der Waals surface area (Å²) in [4.78, 5) is 29.5. The van der Waals surface area contributed by atoms with Gasteiger partial charge in [0.1, 0.15) is 11.7 Å². The number of likely N-dealkylation sites (tertiary alicyclic amines) is 1. The van der Waals surface area contributed by atoms with Crippen LogP contribution in [0.4, 0.5) is 0 Å². The summed E-state index contributed by atoms with van der Waals surface area (Å²) < 4.78 is 1.83. The molecule has 140 valence electrons. The SMILES string of the molecule is CCN(CC)C(=O)[C@@H]1C[C@H](N)CN1C(=O)c1cc2c(Cl)cccc2n1C. The molecule has 2 aromatic rings. The van der Waals surface area contributed by atoms with Crippen molar-refractivity contribution in [1.29, 1.82) is 0 Å². The van der Waals surface area contributed by atoms with Gasteiger partial charge in [0.15, 0.2) is 0 Å². The van der Waals surface area contributed by atoms with Gasteiger partial charge in [-0.3, -0.25) is 9.59 Å². The number of likely N-dealkylation sites (N-methyl/N-ethyl adjacent to an activating group) is 1. The maximum Gasteiger partial charge on any atom is 0.271 e. The first kappa shape index (κ1) is 18.7. The van der Waals surface area contributed by atoms with Gasteiger partial charge in [-0.15, -0.1) is 0 Å². The van der Waals surface area contributed by atoms with Gasteiger partial charge in [0.25, 0.3) is 5.91 Å². The third kappa shape index (κ3) is 3.08. The van der Waals surface area contributed by atoms with Gasteiger partial charge in [-0.2, -0.15) is 0 Å².